The minimum atomic E-state index is 0.923. The first-order valence-corrected chi connectivity index (χ1v) is 17.6. The van der Waals surface area contributed by atoms with E-state index in [2.05, 4.69) is 182 Å². The van der Waals surface area contributed by atoms with Crippen LogP contribution in [0.3, 0.4) is 0 Å². The average Bonchev–Trinajstić information content (AvgIpc) is 3.56. The summed E-state index contributed by atoms with van der Waals surface area (Å²) in [6.07, 6.45) is 0. The van der Waals surface area contributed by atoms with Gasteiger partial charge in [-0.3, -0.25) is 0 Å². The zero-order valence-corrected chi connectivity index (χ0v) is 27.7. The average molecular weight is 647 g/mol. The van der Waals surface area contributed by atoms with E-state index in [9.17, 15) is 0 Å². The van der Waals surface area contributed by atoms with Crippen LogP contribution in [0.5, 0.6) is 0 Å². The summed E-state index contributed by atoms with van der Waals surface area (Å²) in [6, 6.07) is 66.4. The third-order valence-electron chi connectivity index (χ3n) is 10.8. The molecule has 0 aliphatic rings. The minimum absolute atomic E-state index is 0.923. The topological polar surface area (TPSA) is 13.1 Å². The third-order valence-corrected chi connectivity index (χ3v) is 10.8. The standard InChI is InChI=1S/C50H30O/c1-2-11-35-27-38(24-19-31(35)9-1)49-43-15-7-5-13-41(43)48(42-14-6-8-16-44(42)49)34-20-17-32(18-21-34)36-22-23-37-29-46-45-26-25-33-10-3-4-12-40(33)50(45)51-47(46)30-39(37)28-36/h1-30H. The fourth-order valence-corrected chi connectivity index (χ4v) is 8.35. The zero-order valence-electron chi connectivity index (χ0n) is 27.7. The Labute approximate surface area is 294 Å². The van der Waals surface area contributed by atoms with Crippen LogP contribution in [0.2, 0.25) is 0 Å². The Morgan fingerprint density at radius 3 is 1.47 bits per heavy atom. The minimum Gasteiger partial charge on any atom is -0.455 e. The molecule has 0 spiro atoms. The van der Waals surface area contributed by atoms with Crippen LogP contribution >= 0.6 is 0 Å². The van der Waals surface area contributed by atoms with Crippen LogP contribution < -0.4 is 0 Å². The normalized spacial score (nSPS) is 11.9. The Hall–Kier alpha value is -6.70. The van der Waals surface area contributed by atoms with Crippen LogP contribution in [0, 0.1) is 0 Å². The van der Waals surface area contributed by atoms with E-state index in [0.29, 0.717) is 0 Å². The van der Waals surface area contributed by atoms with Gasteiger partial charge in [0.15, 0.2) is 0 Å². The molecule has 0 radical (unpaired) electrons. The highest BCUT2D eigenvalue weighted by Crippen LogP contribution is 2.44. The summed E-state index contributed by atoms with van der Waals surface area (Å²) in [5, 5.41) is 14.6. The Balaban J connectivity index is 1.03. The van der Waals surface area contributed by atoms with Crippen molar-refractivity contribution in [3.63, 3.8) is 0 Å². The van der Waals surface area contributed by atoms with E-state index in [1.807, 2.05) is 0 Å². The number of hydrogen-bond donors (Lipinski definition) is 0. The summed E-state index contributed by atoms with van der Waals surface area (Å²) in [7, 11) is 0. The maximum absolute atomic E-state index is 6.51. The molecule has 11 rings (SSSR count). The SMILES string of the molecule is c1ccc2cc(-c3c4ccccc4c(-c4ccc(-c5ccc6cc7c(cc6c5)oc5c6ccccc6ccc75)cc4)c4ccccc34)ccc2c1. The van der Waals surface area contributed by atoms with Crippen molar-refractivity contribution in [2.24, 2.45) is 0 Å². The lowest BCUT2D eigenvalue weighted by Crippen LogP contribution is -1.91. The first kappa shape index (κ1) is 28.2. The van der Waals surface area contributed by atoms with Gasteiger partial charge in [-0.1, -0.05) is 152 Å². The second kappa shape index (κ2) is 10.9. The van der Waals surface area contributed by atoms with E-state index in [1.54, 1.807) is 0 Å². The van der Waals surface area contributed by atoms with Crippen molar-refractivity contribution in [1.29, 1.82) is 0 Å². The van der Waals surface area contributed by atoms with Gasteiger partial charge in [-0.2, -0.15) is 0 Å². The lowest BCUT2D eigenvalue weighted by Gasteiger charge is -2.18. The van der Waals surface area contributed by atoms with Gasteiger partial charge in [0.1, 0.15) is 11.2 Å². The Kier molecular flexibility index (Phi) is 6.02. The van der Waals surface area contributed by atoms with Crippen LogP contribution in [-0.2, 0) is 0 Å². The molecule has 0 bridgehead atoms. The van der Waals surface area contributed by atoms with Crippen LogP contribution in [0.1, 0.15) is 0 Å². The molecule has 0 amide bonds. The molecule has 11 aromatic rings. The highest BCUT2D eigenvalue weighted by Gasteiger charge is 2.17. The Bertz CT molecular complexity index is 3120. The molecule has 1 aromatic heterocycles. The number of hydrogen-bond acceptors (Lipinski definition) is 1. The molecule has 0 saturated heterocycles. The van der Waals surface area contributed by atoms with Gasteiger partial charge < -0.3 is 4.42 Å². The van der Waals surface area contributed by atoms with Crippen LogP contribution in [0.4, 0.5) is 0 Å². The number of furan rings is 1. The molecule has 0 atom stereocenters. The first-order chi connectivity index (χ1) is 25.3. The van der Waals surface area contributed by atoms with Gasteiger partial charge in [-0.15, -0.1) is 0 Å². The lowest BCUT2D eigenvalue weighted by atomic mass is 9.85. The second-order valence-corrected chi connectivity index (χ2v) is 13.7. The van der Waals surface area contributed by atoms with Crippen molar-refractivity contribution in [2.75, 3.05) is 0 Å². The summed E-state index contributed by atoms with van der Waals surface area (Å²) in [4.78, 5) is 0. The fourth-order valence-electron chi connectivity index (χ4n) is 8.35. The van der Waals surface area contributed by atoms with Gasteiger partial charge >= 0.3 is 0 Å². The summed E-state index contributed by atoms with van der Waals surface area (Å²) in [6.45, 7) is 0. The molecule has 1 heteroatoms. The highest BCUT2D eigenvalue weighted by atomic mass is 16.3. The van der Waals surface area contributed by atoms with Crippen molar-refractivity contribution in [1.82, 2.24) is 0 Å². The van der Waals surface area contributed by atoms with Crippen molar-refractivity contribution in [3.05, 3.63) is 182 Å². The third kappa shape index (κ3) is 4.35. The number of benzene rings is 10. The fraction of sp³-hybridized carbons (Fsp3) is 0. The van der Waals surface area contributed by atoms with Gasteiger partial charge in [0.2, 0.25) is 0 Å². The van der Waals surface area contributed by atoms with Gasteiger partial charge in [-0.25, -0.2) is 0 Å². The largest absolute Gasteiger partial charge is 0.455 e. The van der Waals surface area contributed by atoms with E-state index in [4.69, 9.17) is 4.42 Å². The van der Waals surface area contributed by atoms with Crippen LogP contribution in [0.25, 0.3) is 109 Å². The monoisotopic (exact) mass is 646 g/mol. The molecule has 0 aliphatic heterocycles. The molecule has 0 fully saturated rings. The molecule has 1 nitrogen and oxygen atoms in total. The zero-order chi connectivity index (χ0) is 33.5. The van der Waals surface area contributed by atoms with E-state index in [1.165, 1.54) is 81.9 Å². The van der Waals surface area contributed by atoms with Crippen molar-refractivity contribution >= 4 is 75.8 Å². The van der Waals surface area contributed by atoms with E-state index in [0.717, 1.165) is 27.3 Å². The summed E-state index contributed by atoms with van der Waals surface area (Å²) in [5.74, 6) is 0. The van der Waals surface area contributed by atoms with Crippen LogP contribution in [-0.4, -0.2) is 0 Å². The van der Waals surface area contributed by atoms with Gasteiger partial charge in [0, 0.05) is 16.2 Å². The predicted octanol–water partition coefficient (Wildman–Crippen LogP) is 14.4. The van der Waals surface area contributed by atoms with Gasteiger partial charge in [0.25, 0.3) is 0 Å². The molecule has 0 aliphatic carbocycles. The molecular weight excluding hydrogens is 617 g/mol. The van der Waals surface area contributed by atoms with E-state index in [-0.39, 0.29) is 0 Å². The molecule has 0 N–H and O–H groups in total. The highest BCUT2D eigenvalue weighted by molar-refractivity contribution is 6.22. The maximum atomic E-state index is 6.51. The van der Waals surface area contributed by atoms with Crippen molar-refractivity contribution < 1.29 is 4.42 Å². The molecule has 1 heterocycles. The number of fused-ring (bicyclic) bond motifs is 9. The molecule has 236 valence electrons. The quantitative estimate of drug-likeness (QED) is 0.174. The molecule has 10 aromatic carbocycles. The number of rotatable bonds is 3. The van der Waals surface area contributed by atoms with Crippen molar-refractivity contribution in [3.8, 4) is 33.4 Å². The Morgan fingerprint density at radius 1 is 0.255 bits per heavy atom. The van der Waals surface area contributed by atoms with E-state index >= 15 is 0 Å². The van der Waals surface area contributed by atoms with Gasteiger partial charge in [-0.05, 0) is 112 Å². The maximum Gasteiger partial charge on any atom is 0.143 e. The summed E-state index contributed by atoms with van der Waals surface area (Å²) < 4.78 is 6.51. The molecule has 51 heavy (non-hydrogen) atoms. The lowest BCUT2D eigenvalue weighted by molar-refractivity contribution is 0.673. The van der Waals surface area contributed by atoms with E-state index < -0.39 is 0 Å². The molecule has 0 unspecified atom stereocenters. The summed E-state index contributed by atoms with van der Waals surface area (Å²) in [5.41, 5.74) is 9.28. The molecular formula is C50H30O. The molecule has 0 saturated carbocycles. The predicted molar refractivity (Wildman–Crippen MR) is 218 cm³/mol. The summed E-state index contributed by atoms with van der Waals surface area (Å²) >= 11 is 0. The van der Waals surface area contributed by atoms with Gasteiger partial charge in [0.05, 0.1) is 0 Å². The smallest absolute Gasteiger partial charge is 0.143 e. The Morgan fingerprint density at radius 2 is 0.745 bits per heavy atom. The van der Waals surface area contributed by atoms with Crippen molar-refractivity contribution in [2.45, 2.75) is 0 Å². The van der Waals surface area contributed by atoms with Crippen LogP contribution in [0.15, 0.2) is 186 Å². The second-order valence-electron chi connectivity index (χ2n) is 13.7. The first-order valence-electron chi connectivity index (χ1n) is 17.6.